The number of anilines is 1. The Labute approximate surface area is 146 Å². The number of aromatic amines is 1. The number of nitrogens with zero attached hydrogens (tertiary/aromatic N) is 4. The summed E-state index contributed by atoms with van der Waals surface area (Å²) in [6.07, 6.45) is 5.89. The number of H-pyrrole nitrogens is 1. The monoisotopic (exact) mass is 335 g/mol. The van der Waals surface area contributed by atoms with Gasteiger partial charge in [0.05, 0.1) is 6.42 Å². The van der Waals surface area contributed by atoms with Crippen LogP contribution in [0.1, 0.15) is 11.1 Å². The van der Waals surface area contributed by atoms with Crippen LogP contribution in [0.25, 0.3) is 10.9 Å². The fraction of sp³-hybridized carbons (Fsp3) is 0.316. The summed E-state index contributed by atoms with van der Waals surface area (Å²) in [6, 6.07) is 8.10. The van der Waals surface area contributed by atoms with Crippen molar-refractivity contribution in [2.24, 2.45) is 0 Å². The summed E-state index contributed by atoms with van der Waals surface area (Å²) < 4.78 is 0. The number of piperazine rings is 1. The minimum Gasteiger partial charge on any atom is -0.361 e. The summed E-state index contributed by atoms with van der Waals surface area (Å²) in [7, 11) is 0. The van der Waals surface area contributed by atoms with Crippen molar-refractivity contribution >= 4 is 22.8 Å². The Morgan fingerprint density at radius 3 is 2.68 bits per heavy atom. The number of hydrogen-bond donors (Lipinski definition) is 1. The van der Waals surface area contributed by atoms with E-state index in [9.17, 15) is 4.79 Å². The highest BCUT2D eigenvalue weighted by Gasteiger charge is 2.23. The van der Waals surface area contributed by atoms with Crippen LogP contribution in [0, 0.1) is 6.92 Å². The molecule has 4 rings (SSSR count). The molecule has 6 heteroatoms. The van der Waals surface area contributed by atoms with E-state index in [2.05, 4.69) is 45.0 Å². The Hall–Kier alpha value is -2.89. The minimum absolute atomic E-state index is 0.177. The molecule has 128 valence electrons. The summed E-state index contributed by atoms with van der Waals surface area (Å²) in [5.74, 6) is 0.915. The van der Waals surface area contributed by atoms with Crippen LogP contribution in [0.5, 0.6) is 0 Å². The van der Waals surface area contributed by atoms with E-state index in [0.717, 1.165) is 35.5 Å². The van der Waals surface area contributed by atoms with E-state index in [1.807, 2.05) is 17.2 Å². The molecule has 1 aliphatic rings. The SMILES string of the molecule is Cc1ccc2[nH]cc(CC(=O)N3CCN(c4ncccn4)CC3)c2c1. The fourth-order valence-corrected chi connectivity index (χ4v) is 3.32. The molecule has 1 fully saturated rings. The molecule has 0 aliphatic carbocycles. The first kappa shape index (κ1) is 15.6. The lowest BCUT2D eigenvalue weighted by Crippen LogP contribution is -2.49. The molecule has 1 aliphatic heterocycles. The van der Waals surface area contributed by atoms with Gasteiger partial charge >= 0.3 is 0 Å². The lowest BCUT2D eigenvalue weighted by atomic mass is 10.1. The van der Waals surface area contributed by atoms with Crippen molar-refractivity contribution in [3.8, 4) is 0 Å². The molecule has 1 saturated heterocycles. The molecule has 0 spiro atoms. The molecule has 0 saturated carbocycles. The van der Waals surface area contributed by atoms with Gasteiger partial charge in [0.25, 0.3) is 0 Å². The van der Waals surface area contributed by atoms with Crippen molar-refractivity contribution in [1.29, 1.82) is 0 Å². The van der Waals surface area contributed by atoms with Crippen molar-refractivity contribution in [2.45, 2.75) is 13.3 Å². The molecule has 3 aromatic rings. The second-order valence-corrected chi connectivity index (χ2v) is 6.46. The van der Waals surface area contributed by atoms with Crippen LogP contribution in [0.2, 0.25) is 0 Å². The lowest BCUT2D eigenvalue weighted by Gasteiger charge is -2.34. The maximum atomic E-state index is 12.7. The molecule has 0 bridgehead atoms. The van der Waals surface area contributed by atoms with E-state index in [1.165, 1.54) is 5.56 Å². The fourth-order valence-electron chi connectivity index (χ4n) is 3.32. The lowest BCUT2D eigenvalue weighted by molar-refractivity contribution is -0.130. The first-order chi connectivity index (χ1) is 12.2. The summed E-state index contributed by atoms with van der Waals surface area (Å²) in [5.41, 5.74) is 3.36. The highest BCUT2D eigenvalue weighted by molar-refractivity contribution is 5.89. The molecule has 1 amide bonds. The Morgan fingerprint density at radius 1 is 1.16 bits per heavy atom. The van der Waals surface area contributed by atoms with Crippen molar-refractivity contribution in [1.82, 2.24) is 19.9 Å². The maximum Gasteiger partial charge on any atom is 0.227 e. The Bertz CT molecular complexity index is 881. The van der Waals surface area contributed by atoms with Gasteiger partial charge in [-0.2, -0.15) is 0 Å². The molecule has 1 N–H and O–H groups in total. The van der Waals surface area contributed by atoms with Crippen LogP contribution in [0.4, 0.5) is 5.95 Å². The van der Waals surface area contributed by atoms with Gasteiger partial charge in [-0.15, -0.1) is 0 Å². The third-order valence-corrected chi connectivity index (χ3v) is 4.73. The van der Waals surface area contributed by atoms with Gasteiger partial charge in [0.15, 0.2) is 0 Å². The molecule has 3 heterocycles. The summed E-state index contributed by atoms with van der Waals surface area (Å²) in [4.78, 5) is 28.6. The van der Waals surface area contributed by atoms with E-state index in [4.69, 9.17) is 0 Å². The molecular formula is C19H21N5O. The van der Waals surface area contributed by atoms with Gasteiger partial charge in [-0.3, -0.25) is 4.79 Å². The first-order valence-corrected chi connectivity index (χ1v) is 8.57. The minimum atomic E-state index is 0.177. The van der Waals surface area contributed by atoms with Gasteiger partial charge in [0.2, 0.25) is 11.9 Å². The molecule has 0 unspecified atom stereocenters. The maximum absolute atomic E-state index is 12.7. The smallest absolute Gasteiger partial charge is 0.227 e. The van der Waals surface area contributed by atoms with Gasteiger partial charge in [0, 0.05) is 55.7 Å². The summed E-state index contributed by atoms with van der Waals surface area (Å²) in [6.45, 7) is 5.02. The van der Waals surface area contributed by atoms with Gasteiger partial charge in [0.1, 0.15) is 0 Å². The number of fused-ring (bicyclic) bond motifs is 1. The normalized spacial score (nSPS) is 14.9. The number of amides is 1. The molecule has 1 aromatic carbocycles. The predicted molar refractivity (Wildman–Crippen MR) is 97.6 cm³/mol. The molecule has 6 nitrogen and oxygen atoms in total. The Morgan fingerprint density at radius 2 is 1.92 bits per heavy atom. The first-order valence-electron chi connectivity index (χ1n) is 8.57. The number of aromatic nitrogens is 3. The molecule has 0 radical (unpaired) electrons. The second-order valence-electron chi connectivity index (χ2n) is 6.46. The standard InChI is InChI=1S/C19H21N5O/c1-14-3-4-17-16(11-14)15(13-22-17)12-18(25)23-7-9-24(10-8-23)19-20-5-2-6-21-19/h2-6,11,13,22H,7-10,12H2,1H3. The molecule has 2 aromatic heterocycles. The van der Waals surface area contributed by atoms with E-state index in [-0.39, 0.29) is 5.91 Å². The average molecular weight is 335 g/mol. The van der Waals surface area contributed by atoms with Gasteiger partial charge in [-0.05, 0) is 30.7 Å². The zero-order valence-electron chi connectivity index (χ0n) is 14.3. The summed E-state index contributed by atoms with van der Waals surface area (Å²) >= 11 is 0. The van der Waals surface area contributed by atoms with Crippen molar-refractivity contribution in [3.63, 3.8) is 0 Å². The molecule has 25 heavy (non-hydrogen) atoms. The third kappa shape index (κ3) is 3.20. The van der Waals surface area contributed by atoms with Gasteiger partial charge in [-0.1, -0.05) is 11.6 Å². The number of nitrogens with one attached hydrogen (secondary N) is 1. The molecular weight excluding hydrogens is 314 g/mol. The van der Waals surface area contributed by atoms with Crippen LogP contribution in [-0.4, -0.2) is 51.9 Å². The Balaban J connectivity index is 1.41. The number of carbonyl (C=O) groups is 1. The Kier molecular flexibility index (Phi) is 4.09. The van der Waals surface area contributed by atoms with Gasteiger partial charge in [-0.25, -0.2) is 9.97 Å². The highest BCUT2D eigenvalue weighted by atomic mass is 16.2. The molecule has 0 atom stereocenters. The highest BCUT2D eigenvalue weighted by Crippen LogP contribution is 2.21. The third-order valence-electron chi connectivity index (χ3n) is 4.73. The quantitative estimate of drug-likeness (QED) is 0.797. The van der Waals surface area contributed by atoms with E-state index >= 15 is 0 Å². The van der Waals surface area contributed by atoms with Crippen molar-refractivity contribution < 1.29 is 4.79 Å². The number of hydrogen-bond acceptors (Lipinski definition) is 4. The number of carbonyl (C=O) groups excluding carboxylic acids is 1. The zero-order chi connectivity index (χ0) is 17.2. The number of benzene rings is 1. The van der Waals surface area contributed by atoms with Crippen LogP contribution in [0.3, 0.4) is 0 Å². The van der Waals surface area contributed by atoms with Crippen molar-refractivity contribution in [2.75, 3.05) is 31.1 Å². The van der Waals surface area contributed by atoms with E-state index in [1.54, 1.807) is 12.4 Å². The van der Waals surface area contributed by atoms with Crippen LogP contribution < -0.4 is 4.90 Å². The average Bonchev–Trinajstić information content (AvgIpc) is 3.04. The number of aryl methyl sites for hydroxylation is 1. The van der Waals surface area contributed by atoms with Crippen LogP contribution in [0.15, 0.2) is 42.9 Å². The second kappa shape index (κ2) is 6.55. The number of rotatable bonds is 3. The van der Waals surface area contributed by atoms with Crippen molar-refractivity contribution in [3.05, 3.63) is 54.0 Å². The topological polar surface area (TPSA) is 65.1 Å². The van der Waals surface area contributed by atoms with Gasteiger partial charge < -0.3 is 14.8 Å². The largest absolute Gasteiger partial charge is 0.361 e. The predicted octanol–water partition coefficient (Wildman–Crippen LogP) is 2.16. The zero-order valence-corrected chi connectivity index (χ0v) is 14.3. The van der Waals surface area contributed by atoms with E-state index in [0.29, 0.717) is 19.5 Å². The van der Waals surface area contributed by atoms with Crippen LogP contribution >= 0.6 is 0 Å². The van der Waals surface area contributed by atoms with E-state index < -0.39 is 0 Å². The summed E-state index contributed by atoms with van der Waals surface area (Å²) in [5, 5.41) is 1.14. The van der Waals surface area contributed by atoms with Crippen LogP contribution in [-0.2, 0) is 11.2 Å².